The monoisotopic (exact) mass is 277 g/mol. The molecule has 1 aromatic heterocycles. The molecule has 2 aromatic rings. The van der Waals surface area contributed by atoms with Gasteiger partial charge in [0, 0.05) is 13.1 Å². The Morgan fingerprint density at radius 3 is 2.45 bits per heavy atom. The highest BCUT2D eigenvalue weighted by molar-refractivity contribution is 5.80. The second-order valence-electron chi connectivity index (χ2n) is 4.75. The number of aliphatic hydroxyl groups is 1. The van der Waals surface area contributed by atoms with Gasteiger partial charge in [0.25, 0.3) is 0 Å². The fourth-order valence-corrected chi connectivity index (χ4v) is 2.19. The number of fused-ring (bicyclic) bond motifs is 1. The van der Waals surface area contributed by atoms with Gasteiger partial charge in [0.15, 0.2) is 0 Å². The Morgan fingerprint density at radius 2 is 1.90 bits per heavy atom. The largest absolute Gasteiger partial charge is 0.392 e. The van der Waals surface area contributed by atoms with Crippen LogP contribution in [-0.2, 0) is 17.9 Å². The van der Waals surface area contributed by atoms with Gasteiger partial charge in [0.1, 0.15) is 6.54 Å². The average Bonchev–Trinajstić information content (AvgIpc) is 2.69. The molecule has 20 heavy (non-hydrogen) atoms. The van der Waals surface area contributed by atoms with Crippen LogP contribution in [0.3, 0.4) is 0 Å². The van der Waals surface area contributed by atoms with E-state index in [0.29, 0.717) is 6.54 Å². The van der Waals surface area contributed by atoms with Crippen molar-refractivity contribution >= 4 is 16.9 Å². The van der Waals surface area contributed by atoms with Crippen LogP contribution in [0.4, 0.5) is 0 Å². The third-order valence-electron chi connectivity index (χ3n) is 3.14. The SMILES string of the molecule is CCn1c(=O)n(CC(=O)NCC(C)O)c2ccccc21. The number of hydrogen-bond acceptors (Lipinski definition) is 3. The molecule has 2 N–H and O–H groups in total. The molecule has 0 saturated carbocycles. The van der Waals surface area contributed by atoms with E-state index < -0.39 is 6.10 Å². The van der Waals surface area contributed by atoms with Crippen molar-refractivity contribution in [2.75, 3.05) is 6.54 Å². The number of aromatic nitrogens is 2. The van der Waals surface area contributed by atoms with Gasteiger partial charge in [-0.15, -0.1) is 0 Å². The van der Waals surface area contributed by atoms with Gasteiger partial charge in [-0.25, -0.2) is 4.79 Å². The normalized spacial score (nSPS) is 12.6. The lowest BCUT2D eigenvalue weighted by atomic mass is 10.3. The summed E-state index contributed by atoms with van der Waals surface area (Å²) in [6.07, 6.45) is -0.604. The molecule has 0 aliphatic rings. The first kappa shape index (κ1) is 14.3. The molecule has 108 valence electrons. The molecule has 0 fully saturated rings. The molecule has 2 rings (SSSR count). The van der Waals surface area contributed by atoms with Crippen LogP contribution in [0.25, 0.3) is 11.0 Å². The number of benzene rings is 1. The van der Waals surface area contributed by atoms with Crippen LogP contribution in [0.2, 0.25) is 0 Å². The molecule has 6 heteroatoms. The molecule has 1 atom stereocenters. The molecule has 1 aromatic carbocycles. The summed E-state index contributed by atoms with van der Waals surface area (Å²) >= 11 is 0. The lowest BCUT2D eigenvalue weighted by molar-refractivity contribution is -0.122. The predicted octanol–water partition coefficient (Wildman–Crippen LogP) is 0.320. The van der Waals surface area contributed by atoms with Gasteiger partial charge in [-0.3, -0.25) is 13.9 Å². The topological polar surface area (TPSA) is 76.3 Å². The Hall–Kier alpha value is -2.08. The summed E-state index contributed by atoms with van der Waals surface area (Å²) < 4.78 is 3.09. The third-order valence-corrected chi connectivity index (χ3v) is 3.14. The number of imidazole rings is 1. The summed E-state index contributed by atoms with van der Waals surface area (Å²) in [6.45, 7) is 4.18. The Labute approximate surface area is 116 Å². The van der Waals surface area contributed by atoms with Gasteiger partial charge in [-0.2, -0.15) is 0 Å². The van der Waals surface area contributed by atoms with Gasteiger partial charge in [-0.1, -0.05) is 12.1 Å². The number of rotatable bonds is 5. The molecule has 0 spiro atoms. The lowest BCUT2D eigenvalue weighted by Crippen LogP contribution is -2.36. The molecule has 0 bridgehead atoms. The maximum absolute atomic E-state index is 12.3. The van der Waals surface area contributed by atoms with Crippen LogP contribution in [0, 0.1) is 0 Å². The van der Waals surface area contributed by atoms with Crippen LogP contribution < -0.4 is 11.0 Å². The van der Waals surface area contributed by atoms with Crippen molar-refractivity contribution in [2.24, 2.45) is 0 Å². The van der Waals surface area contributed by atoms with Gasteiger partial charge in [0.2, 0.25) is 5.91 Å². The molecule has 0 radical (unpaired) electrons. The number of hydrogen-bond donors (Lipinski definition) is 2. The van der Waals surface area contributed by atoms with Crippen molar-refractivity contribution in [3.8, 4) is 0 Å². The summed E-state index contributed by atoms with van der Waals surface area (Å²) in [7, 11) is 0. The van der Waals surface area contributed by atoms with E-state index in [9.17, 15) is 9.59 Å². The highest BCUT2D eigenvalue weighted by Crippen LogP contribution is 2.12. The Morgan fingerprint density at radius 1 is 1.30 bits per heavy atom. The minimum Gasteiger partial charge on any atom is -0.392 e. The summed E-state index contributed by atoms with van der Waals surface area (Å²) in [5, 5.41) is 11.7. The molecular formula is C14H19N3O3. The van der Waals surface area contributed by atoms with Gasteiger partial charge in [0.05, 0.1) is 17.1 Å². The first-order valence-corrected chi connectivity index (χ1v) is 6.67. The smallest absolute Gasteiger partial charge is 0.329 e. The Balaban J connectivity index is 2.33. The van der Waals surface area contributed by atoms with Crippen LogP contribution >= 0.6 is 0 Å². The van der Waals surface area contributed by atoms with E-state index in [0.717, 1.165) is 11.0 Å². The van der Waals surface area contributed by atoms with E-state index in [1.807, 2.05) is 31.2 Å². The number of carbonyl (C=O) groups excluding carboxylic acids is 1. The quantitative estimate of drug-likeness (QED) is 0.826. The number of carbonyl (C=O) groups is 1. The summed E-state index contributed by atoms with van der Waals surface area (Å²) in [6, 6.07) is 7.40. The standard InChI is InChI=1S/C14H19N3O3/c1-3-16-11-6-4-5-7-12(11)17(14(16)20)9-13(19)15-8-10(2)18/h4-7,10,18H,3,8-9H2,1-2H3,(H,15,19). The van der Waals surface area contributed by atoms with Crippen LogP contribution in [-0.4, -0.2) is 32.8 Å². The second-order valence-corrected chi connectivity index (χ2v) is 4.75. The molecule has 1 unspecified atom stereocenters. The number of nitrogens with one attached hydrogen (secondary N) is 1. The number of aliphatic hydroxyl groups excluding tert-OH is 1. The van der Waals surface area contributed by atoms with E-state index in [4.69, 9.17) is 5.11 Å². The maximum Gasteiger partial charge on any atom is 0.329 e. The van der Waals surface area contributed by atoms with Gasteiger partial charge < -0.3 is 10.4 Å². The number of amides is 1. The van der Waals surface area contributed by atoms with Gasteiger partial charge in [-0.05, 0) is 26.0 Å². The zero-order chi connectivity index (χ0) is 14.7. The molecule has 0 saturated heterocycles. The van der Waals surface area contributed by atoms with Crippen molar-refractivity contribution in [1.29, 1.82) is 0 Å². The van der Waals surface area contributed by atoms with E-state index >= 15 is 0 Å². The Kier molecular flexibility index (Phi) is 4.24. The van der Waals surface area contributed by atoms with Crippen molar-refractivity contribution in [2.45, 2.75) is 33.0 Å². The minimum atomic E-state index is -0.604. The molecule has 6 nitrogen and oxygen atoms in total. The number of nitrogens with zero attached hydrogens (tertiary/aromatic N) is 2. The van der Waals surface area contributed by atoms with E-state index in [2.05, 4.69) is 5.32 Å². The highest BCUT2D eigenvalue weighted by Gasteiger charge is 2.14. The van der Waals surface area contributed by atoms with Crippen LogP contribution in [0.15, 0.2) is 29.1 Å². The number of para-hydroxylation sites is 2. The van der Waals surface area contributed by atoms with Crippen molar-refractivity contribution in [3.05, 3.63) is 34.7 Å². The predicted molar refractivity (Wildman–Crippen MR) is 76.6 cm³/mol. The molecular weight excluding hydrogens is 258 g/mol. The van der Waals surface area contributed by atoms with E-state index in [1.54, 1.807) is 11.5 Å². The van der Waals surface area contributed by atoms with Crippen molar-refractivity contribution in [1.82, 2.24) is 14.5 Å². The second kappa shape index (κ2) is 5.92. The fourth-order valence-electron chi connectivity index (χ4n) is 2.19. The zero-order valence-corrected chi connectivity index (χ0v) is 11.7. The summed E-state index contributed by atoms with van der Waals surface area (Å²) in [5.74, 6) is -0.285. The molecule has 0 aliphatic carbocycles. The van der Waals surface area contributed by atoms with Gasteiger partial charge >= 0.3 is 5.69 Å². The number of aryl methyl sites for hydroxylation is 1. The van der Waals surface area contributed by atoms with Crippen molar-refractivity contribution < 1.29 is 9.90 Å². The molecule has 1 amide bonds. The van der Waals surface area contributed by atoms with E-state index in [1.165, 1.54) is 4.57 Å². The first-order valence-electron chi connectivity index (χ1n) is 6.67. The van der Waals surface area contributed by atoms with E-state index in [-0.39, 0.29) is 24.7 Å². The first-order chi connectivity index (χ1) is 9.54. The average molecular weight is 277 g/mol. The highest BCUT2D eigenvalue weighted by atomic mass is 16.3. The fraction of sp³-hybridized carbons (Fsp3) is 0.429. The van der Waals surface area contributed by atoms with Crippen LogP contribution in [0.5, 0.6) is 0 Å². The van der Waals surface area contributed by atoms with Crippen LogP contribution in [0.1, 0.15) is 13.8 Å². The lowest BCUT2D eigenvalue weighted by Gasteiger charge is -2.07. The maximum atomic E-state index is 12.3. The zero-order valence-electron chi connectivity index (χ0n) is 11.7. The molecule has 0 aliphatic heterocycles. The third kappa shape index (κ3) is 2.75. The Bertz CT molecular complexity index is 670. The minimum absolute atomic E-state index is 0.0426. The molecule has 1 heterocycles. The summed E-state index contributed by atoms with van der Waals surface area (Å²) in [5.41, 5.74) is 1.37. The van der Waals surface area contributed by atoms with Crippen molar-refractivity contribution in [3.63, 3.8) is 0 Å². The summed E-state index contributed by atoms with van der Waals surface area (Å²) in [4.78, 5) is 24.1.